The number of anilines is 2. The van der Waals surface area contributed by atoms with Crippen LogP contribution < -0.4 is 10.6 Å². The van der Waals surface area contributed by atoms with Crippen LogP contribution in [0.4, 0.5) is 24.0 Å². The molecule has 0 aliphatic heterocycles. The summed E-state index contributed by atoms with van der Waals surface area (Å²) >= 11 is 1.20. The van der Waals surface area contributed by atoms with Gasteiger partial charge in [-0.15, -0.1) is 11.3 Å². The molecule has 2 aromatic carbocycles. The zero-order chi connectivity index (χ0) is 22.4. The minimum Gasteiger partial charge on any atom is -0.459 e. The largest absolute Gasteiger partial charge is 0.459 e. The predicted molar refractivity (Wildman–Crippen MR) is 111 cm³/mol. The summed E-state index contributed by atoms with van der Waals surface area (Å²) in [7, 11) is 0. The van der Waals surface area contributed by atoms with Crippen LogP contribution in [0.2, 0.25) is 0 Å². The lowest BCUT2D eigenvalue weighted by molar-refractivity contribution is -0.142. The van der Waals surface area contributed by atoms with E-state index >= 15 is 0 Å². The van der Waals surface area contributed by atoms with E-state index in [1.54, 1.807) is 35.7 Å². The molecule has 0 aliphatic rings. The van der Waals surface area contributed by atoms with Crippen LogP contribution in [0.5, 0.6) is 0 Å². The molecule has 0 spiro atoms. The van der Waals surface area contributed by atoms with Crippen LogP contribution in [0.25, 0.3) is 0 Å². The molecule has 2 N–H and O–H groups in total. The smallest absolute Gasteiger partial charge is 0.416 e. The summed E-state index contributed by atoms with van der Waals surface area (Å²) in [6, 6.07) is 11.7. The second kappa shape index (κ2) is 9.61. The molecule has 1 aromatic heterocycles. The third kappa shape index (κ3) is 6.29. The first-order valence-electron chi connectivity index (χ1n) is 9.10. The van der Waals surface area contributed by atoms with Gasteiger partial charge in [-0.25, -0.2) is 4.98 Å². The Balaban J connectivity index is 1.58. The number of alkyl halides is 3. The predicted octanol–water partition coefficient (Wildman–Crippen LogP) is 5.09. The summed E-state index contributed by atoms with van der Waals surface area (Å²) in [5.41, 5.74) is 0.902. The third-order valence-electron chi connectivity index (χ3n) is 4.15. The van der Waals surface area contributed by atoms with E-state index in [1.807, 2.05) is 0 Å². The minimum absolute atomic E-state index is 0.00848. The molecule has 1 amide bonds. The van der Waals surface area contributed by atoms with Crippen molar-refractivity contribution in [2.75, 3.05) is 10.6 Å². The van der Waals surface area contributed by atoms with Crippen LogP contribution in [0.1, 0.15) is 34.1 Å². The van der Waals surface area contributed by atoms with E-state index in [4.69, 9.17) is 4.74 Å². The number of esters is 1. The second-order valence-corrected chi connectivity index (χ2v) is 7.32. The molecule has 10 heteroatoms. The lowest BCUT2D eigenvalue weighted by atomic mass is 10.1. The minimum atomic E-state index is -4.42. The normalized spacial score (nSPS) is 11.1. The highest BCUT2D eigenvalue weighted by Gasteiger charge is 2.32. The summed E-state index contributed by atoms with van der Waals surface area (Å²) in [6.07, 6.45) is -4.42. The quantitative estimate of drug-likeness (QED) is 0.491. The highest BCUT2D eigenvalue weighted by atomic mass is 32.1. The Kier molecular flexibility index (Phi) is 6.91. The molecule has 31 heavy (non-hydrogen) atoms. The van der Waals surface area contributed by atoms with Crippen molar-refractivity contribution in [3.05, 3.63) is 76.3 Å². The monoisotopic (exact) mass is 449 g/mol. The van der Waals surface area contributed by atoms with Gasteiger partial charge >= 0.3 is 12.1 Å². The number of hydrogen-bond donors (Lipinski definition) is 2. The van der Waals surface area contributed by atoms with Gasteiger partial charge in [-0.1, -0.05) is 18.2 Å². The molecule has 3 aromatic rings. The fraction of sp³-hybridized carbons (Fsp3) is 0.190. The fourth-order valence-corrected chi connectivity index (χ4v) is 3.35. The molecule has 3 rings (SSSR count). The Labute approximate surface area is 180 Å². The third-order valence-corrected chi connectivity index (χ3v) is 4.95. The molecule has 162 valence electrons. The first-order chi connectivity index (χ1) is 14.7. The summed E-state index contributed by atoms with van der Waals surface area (Å²) in [4.78, 5) is 27.4. The summed E-state index contributed by atoms with van der Waals surface area (Å²) in [5, 5.41) is 7.61. The average Bonchev–Trinajstić information content (AvgIpc) is 3.18. The Hall–Kier alpha value is -3.40. The second-order valence-electron chi connectivity index (χ2n) is 6.46. The number of carbonyl (C=O) groups excluding carboxylic acids is 2. The number of thiazole rings is 1. The number of ether oxygens (including phenoxy) is 1. The van der Waals surface area contributed by atoms with E-state index < -0.39 is 17.7 Å². The molecule has 6 nitrogen and oxygen atoms in total. The van der Waals surface area contributed by atoms with Crippen LogP contribution in [0, 0.1) is 0 Å². The summed E-state index contributed by atoms with van der Waals surface area (Å²) in [6.45, 7) is 1.31. The number of carbonyl (C=O) groups is 2. The number of benzene rings is 2. The van der Waals surface area contributed by atoms with Gasteiger partial charge in [0.1, 0.15) is 6.61 Å². The molecule has 0 bridgehead atoms. The van der Waals surface area contributed by atoms with Gasteiger partial charge in [-0.2, -0.15) is 13.2 Å². The van der Waals surface area contributed by atoms with Crippen LogP contribution in [-0.4, -0.2) is 16.9 Å². The van der Waals surface area contributed by atoms with E-state index in [0.717, 1.165) is 6.07 Å². The zero-order valence-electron chi connectivity index (χ0n) is 16.3. The van der Waals surface area contributed by atoms with Crippen molar-refractivity contribution in [3.63, 3.8) is 0 Å². The zero-order valence-corrected chi connectivity index (χ0v) is 17.1. The van der Waals surface area contributed by atoms with Gasteiger partial charge in [0.15, 0.2) is 5.13 Å². The van der Waals surface area contributed by atoms with Crippen LogP contribution in [0.3, 0.4) is 0 Å². The van der Waals surface area contributed by atoms with E-state index in [1.165, 1.54) is 30.4 Å². The molecular weight excluding hydrogens is 431 g/mol. The maximum Gasteiger partial charge on any atom is 0.416 e. The summed E-state index contributed by atoms with van der Waals surface area (Å²) < 4.78 is 44.1. The topological polar surface area (TPSA) is 80.3 Å². The van der Waals surface area contributed by atoms with Gasteiger partial charge in [-0.05, 0) is 35.9 Å². The number of aromatic nitrogens is 1. The van der Waals surface area contributed by atoms with Crippen molar-refractivity contribution in [1.82, 2.24) is 4.98 Å². The van der Waals surface area contributed by atoms with E-state index in [2.05, 4.69) is 15.6 Å². The first-order valence-corrected chi connectivity index (χ1v) is 9.98. The number of rotatable bonds is 7. The van der Waals surface area contributed by atoms with Gasteiger partial charge in [0.05, 0.1) is 11.3 Å². The molecular formula is C21H18F3N3O3S. The Morgan fingerprint density at radius 2 is 1.81 bits per heavy atom. The first kappa shape index (κ1) is 22.3. The van der Waals surface area contributed by atoms with Crippen LogP contribution in [-0.2, 0) is 28.9 Å². The highest BCUT2D eigenvalue weighted by Crippen LogP contribution is 2.32. The van der Waals surface area contributed by atoms with Crippen molar-refractivity contribution in [1.29, 1.82) is 0 Å². The molecule has 0 unspecified atom stereocenters. The van der Waals surface area contributed by atoms with Crippen LogP contribution >= 0.6 is 11.3 Å². The number of nitrogens with one attached hydrogen (secondary N) is 2. The maximum atomic E-state index is 13.1. The number of nitrogens with zero attached hydrogens (tertiary/aromatic N) is 1. The SMILES string of the molecule is CC(=O)OCc1csc(NC(=O)c2ccc(NCc3ccccc3C(F)(F)F)cc2)n1. The van der Waals surface area contributed by atoms with E-state index in [0.29, 0.717) is 22.1 Å². The average molecular weight is 449 g/mol. The van der Waals surface area contributed by atoms with Gasteiger partial charge in [0.2, 0.25) is 0 Å². The summed E-state index contributed by atoms with van der Waals surface area (Å²) in [5.74, 6) is -0.809. The maximum absolute atomic E-state index is 13.1. The molecule has 0 radical (unpaired) electrons. The van der Waals surface area contributed by atoms with Crippen molar-refractivity contribution in [3.8, 4) is 0 Å². The van der Waals surface area contributed by atoms with Gasteiger partial charge < -0.3 is 10.1 Å². The number of hydrogen-bond acceptors (Lipinski definition) is 6. The van der Waals surface area contributed by atoms with Gasteiger partial charge in [0, 0.05) is 30.1 Å². The highest BCUT2D eigenvalue weighted by molar-refractivity contribution is 7.13. The van der Waals surface area contributed by atoms with Gasteiger partial charge in [-0.3, -0.25) is 14.9 Å². The molecule has 0 saturated heterocycles. The van der Waals surface area contributed by atoms with Gasteiger partial charge in [0.25, 0.3) is 5.91 Å². The van der Waals surface area contributed by atoms with E-state index in [-0.39, 0.29) is 24.6 Å². The van der Waals surface area contributed by atoms with Crippen molar-refractivity contribution < 1.29 is 27.5 Å². The van der Waals surface area contributed by atoms with Crippen LogP contribution in [0.15, 0.2) is 53.9 Å². The lowest BCUT2D eigenvalue weighted by Crippen LogP contribution is -2.13. The van der Waals surface area contributed by atoms with Crippen molar-refractivity contribution in [2.45, 2.75) is 26.3 Å². The van der Waals surface area contributed by atoms with Crippen molar-refractivity contribution in [2.24, 2.45) is 0 Å². The number of halogens is 3. The standard InChI is InChI=1S/C21H18F3N3O3S/c1-13(28)30-11-17-12-31-20(26-17)27-19(29)14-6-8-16(9-7-14)25-10-15-4-2-3-5-18(15)21(22,23)24/h2-9,12,25H,10-11H2,1H3,(H,26,27,29). The Morgan fingerprint density at radius 1 is 1.10 bits per heavy atom. The fourth-order valence-electron chi connectivity index (χ4n) is 2.66. The Morgan fingerprint density at radius 3 is 2.48 bits per heavy atom. The lowest BCUT2D eigenvalue weighted by Gasteiger charge is -2.14. The molecule has 0 fully saturated rings. The number of amides is 1. The molecule has 1 heterocycles. The van der Waals surface area contributed by atoms with Crippen molar-refractivity contribution >= 4 is 34.0 Å². The van der Waals surface area contributed by atoms with E-state index in [9.17, 15) is 22.8 Å². The molecule has 0 aliphatic carbocycles. The molecule has 0 saturated carbocycles. The Bertz CT molecular complexity index is 1070. The molecule has 0 atom stereocenters.